The minimum Gasteiger partial charge on any atom is -0.455 e. The first-order valence-corrected chi connectivity index (χ1v) is 18.6. The zero-order valence-corrected chi connectivity index (χ0v) is 29.0. The average molecular weight is 685 g/mol. The van der Waals surface area contributed by atoms with Gasteiger partial charge in [-0.15, -0.1) is 0 Å². The normalized spacial score (nSPS) is 12.4. The highest BCUT2D eigenvalue weighted by atomic mass is 16.3. The lowest BCUT2D eigenvalue weighted by Gasteiger charge is -2.23. The smallest absolute Gasteiger partial charge is 0.143 e. The Morgan fingerprint density at radius 2 is 0.648 bits per heavy atom. The highest BCUT2D eigenvalue weighted by Gasteiger charge is 2.27. The molecule has 2 heteroatoms. The molecule has 0 amide bonds. The fraction of sp³-hybridized carbons (Fsp3) is 0. The maximum Gasteiger partial charge on any atom is 0.143 e. The van der Waals surface area contributed by atoms with E-state index in [1.165, 1.54) is 75.8 Å². The van der Waals surface area contributed by atoms with Crippen molar-refractivity contribution in [2.45, 2.75) is 0 Å². The number of hydrogen-bond acceptors (Lipinski definition) is 2. The van der Waals surface area contributed by atoms with Gasteiger partial charge in [0.2, 0.25) is 0 Å². The van der Waals surface area contributed by atoms with Crippen molar-refractivity contribution in [1.29, 1.82) is 0 Å². The van der Waals surface area contributed by atoms with Crippen molar-refractivity contribution >= 4 is 109 Å². The number of fused-ring (bicyclic) bond motifs is 11. The van der Waals surface area contributed by atoms with E-state index in [4.69, 9.17) is 8.83 Å². The minimum atomic E-state index is 0.897. The first-order chi connectivity index (χ1) is 26.8. The second kappa shape index (κ2) is 10.2. The summed E-state index contributed by atoms with van der Waals surface area (Å²) >= 11 is 0. The molecule has 0 bridgehead atoms. The molecule has 0 radical (unpaired) electrons. The Labute approximate surface area is 308 Å². The lowest BCUT2D eigenvalue weighted by molar-refractivity contribution is 0.669. The van der Waals surface area contributed by atoms with Gasteiger partial charge in [0.1, 0.15) is 22.3 Å². The number of para-hydroxylation sites is 4. The van der Waals surface area contributed by atoms with Crippen LogP contribution in [0.25, 0.3) is 131 Å². The molecule has 2 nitrogen and oxygen atoms in total. The average Bonchev–Trinajstić information content (AvgIpc) is 3.81. The molecule has 0 atom stereocenters. The van der Waals surface area contributed by atoms with E-state index in [2.05, 4.69) is 170 Å². The summed E-state index contributed by atoms with van der Waals surface area (Å²) in [6.07, 6.45) is 0. The predicted molar refractivity (Wildman–Crippen MR) is 228 cm³/mol. The molecule has 0 spiro atoms. The molecule has 0 aliphatic rings. The van der Waals surface area contributed by atoms with Gasteiger partial charge in [0, 0.05) is 43.8 Å². The highest BCUT2D eigenvalue weighted by Crippen LogP contribution is 2.54. The summed E-state index contributed by atoms with van der Waals surface area (Å²) < 4.78 is 13.7. The minimum absolute atomic E-state index is 0.897. The van der Waals surface area contributed by atoms with Crippen molar-refractivity contribution in [2.24, 2.45) is 0 Å². The van der Waals surface area contributed by atoms with Crippen LogP contribution in [0.2, 0.25) is 0 Å². The summed E-state index contributed by atoms with van der Waals surface area (Å²) in [4.78, 5) is 0. The van der Waals surface area contributed by atoms with E-state index in [9.17, 15) is 0 Å². The topological polar surface area (TPSA) is 26.3 Å². The zero-order chi connectivity index (χ0) is 35.1. The van der Waals surface area contributed by atoms with Gasteiger partial charge in [-0.2, -0.15) is 0 Å². The molecule has 0 saturated carbocycles. The standard InChI is InChI=1S/C52H28O2/c1-2-12-32-28-42-41(27-31(32)11-1)47(39-21-9-17-35-33-15-3-5-23-43(33)53-51(35)39)49-37-19-7-13-29-25-26-30-14-8-20-38(46(30)45(29)37)50(49)48(42)40-22-10-18-36-34-16-4-6-24-44(34)54-52(36)40/h1-28H. The van der Waals surface area contributed by atoms with Crippen molar-refractivity contribution in [3.05, 3.63) is 170 Å². The van der Waals surface area contributed by atoms with Crippen LogP contribution in [-0.4, -0.2) is 0 Å². The van der Waals surface area contributed by atoms with Gasteiger partial charge in [-0.1, -0.05) is 146 Å². The van der Waals surface area contributed by atoms with Crippen LogP contribution in [0, 0.1) is 0 Å². The van der Waals surface area contributed by atoms with E-state index < -0.39 is 0 Å². The van der Waals surface area contributed by atoms with Crippen LogP contribution in [0.1, 0.15) is 0 Å². The van der Waals surface area contributed by atoms with Crippen LogP contribution in [0.4, 0.5) is 0 Å². The first kappa shape index (κ1) is 28.4. The van der Waals surface area contributed by atoms with E-state index in [1.54, 1.807) is 0 Å². The molecule has 0 unspecified atom stereocenters. The Kier molecular flexibility index (Phi) is 5.39. The fourth-order valence-electron chi connectivity index (χ4n) is 9.73. The van der Waals surface area contributed by atoms with E-state index in [0.717, 1.165) is 55.0 Å². The van der Waals surface area contributed by atoms with Crippen LogP contribution in [-0.2, 0) is 0 Å². The summed E-state index contributed by atoms with van der Waals surface area (Å²) in [7, 11) is 0. The zero-order valence-electron chi connectivity index (χ0n) is 29.0. The summed E-state index contributed by atoms with van der Waals surface area (Å²) in [6.45, 7) is 0. The van der Waals surface area contributed by atoms with E-state index >= 15 is 0 Å². The Morgan fingerprint density at radius 3 is 1.15 bits per heavy atom. The molecule has 11 aromatic carbocycles. The molecule has 248 valence electrons. The summed E-state index contributed by atoms with van der Waals surface area (Å²) in [5, 5.41) is 19.3. The van der Waals surface area contributed by atoms with E-state index in [-0.39, 0.29) is 0 Å². The largest absolute Gasteiger partial charge is 0.455 e. The SMILES string of the molecule is c1ccc2cc3c(-c4cccc5c4oc4ccccc45)c4c5cccc6ccc7cccc(c4c(-c4cccc8c4oc4ccccc48)c3cc2c1)c7c65. The maximum absolute atomic E-state index is 6.86. The molecule has 0 aliphatic carbocycles. The Hall–Kier alpha value is -7.16. The Balaban J connectivity index is 1.37. The van der Waals surface area contributed by atoms with Gasteiger partial charge < -0.3 is 8.83 Å². The predicted octanol–water partition coefficient (Wildman–Crippen LogP) is 15.2. The van der Waals surface area contributed by atoms with Crippen molar-refractivity contribution in [2.75, 3.05) is 0 Å². The molecule has 0 aliphatic heterocycles. The van der Waals surface area contributed by atoms with E-state index in [1.807, 2.05) is 0 Å². The molecule has 13 rings (SSSR count). The van der Waals surface area contributed by atoms with Crippen molar-refractivity contribution in [1.82, 2.24) is 0 Å². The molecule has 0 N–H and O–H groups in total. The molecule has 0 fully saturated rings. The van der Waals surface area contributed by atoms with Crippen LogP contribution >= 0.6 is 0 Å². The molecule has 54 heavy (non-hydrogen) atoms. The molecular formula is C52H28O2. The third-order valence-corrected chi connectivity index (χ3v) is 11.9. The van der Waals surface area contributed by atoms with Gasteiger partial charge in [-0.25, -0.2) is 0 Å². The third kappa shape index (κ3) is 3.59. The fourth-order valence-corrected chi connectivity index (χ4v) is 9.73. The lowest BCUT2D eigenvalue weighted by atomic mass is 9.79. The summed E-state index contributed by atoms with van der Waals surface area (Å²) in [5.41, 5.74) is 8.18. The van der Waals surface area contributed by atoms with Crippen molar-refractivity contribution in [3.8, 4) is 22.3 Å². The van der Waals surface area contributed by atoms with Gasteiger partial charge in [-0.3, -0.25) is 0 Å². The van der Waals surface area contributed by atoms with Gasteiger partial charge in [-0.05, 0) is 88.9 Å². The van der Waals surface area contributed by atoms with Crippen molar-refractivity contribution < 1.29 is 8.83 Å². The second-order valence-corrected chi connectivity index (χ2v) is 14.7. The third-order valence-electron chi connectivity index (χ3n) is 11.9. The quantitative estimate of drug-likeness (QED) is 0.134. The number of hydrogen-bond donors (Lipinski definition) is 0. The van der Waals surface area contributed by atoms with Crippen LogP contribution in [0.15, 0.2) is 179 Å². The van der Waals surface area contributed by atoms with Crippen LogP contribution in [0.5, 0.6) is 0 Å². The Bertz CT molecular complexity index is 3480. The number of benzene rings is 11. The van der Waals surface area contributed by atoms with Gasteiger partial charge >= 0.3 is 0 Å². The van der Waals surface area contributed by atoms with Crippen LogP contribution < -0.4 is 0 Å². The highest BCUT2D eigenvalue weighted by molar-refractivity contribution is 6.42. The maximum atomic E-state index is 6.86. The summed E-state index contributed by atoms with van der Waals surface area (Å²) in [6, 6.07) is 61.8. The molecular weight excluding hydrogens is 657 g/mol. The molecule has 2 aromatic heterocycles. The summed E-state index contributed by atoms with van der Waals surface area (Å²) in [5.74, 6) is 0. The number of rotatable bonds is 2. The second-order valence-electron chi connectivity index (χ2n) is 14.7. The monoisotopic (exact) mass is 684 g/mol. The van der Waals surface area contributed by atoms with Gasteiger partial charge in [0.25, 0.3) is 0 Å². The van der Waals surface area contributed by atoms with Crippen LogP contribution in [0.3, 0.4) is 0 Å². The first-order valence-electron chi connectivity index (χ1n) is 18.6. The lowest BCUT2D eigenvalue weighted by Crippen LogP contribution is -1.96. The van der Waals surface area contributed by atoms with Gasteiger partial charge in [0.05, 0.1) is 0 Å². The molecule has 2 heterocycles. The van der Waals surface area contributed by atoms with Gasteiger partial charge in [0.15, 0.2) is 0 Å². The Morgan fingerprint density at radius 1 is 0.259 bits per heavy atom. The molecule has 13 aromatic rings. The van der Waals surface area contributed by atoms with E-state index in [0.29, 0.717) is 0 Å². The number of furan rings is 2. The van der Waals surface area contributed by atoms with Crippen molar-refractivity contribution in [3.63, 3.8) is 0 Å². The molecule has 0 saturated heterocycles.